The second-order valence-corrected chi connectivity index (χ2v) is 15.4. The van der Waals surface area contributed by atoms with Gasteiger partial charge in [-0.15, -0.1) is 0 Å². The molecule has 0 saturated carbocycles. The summed E-state index contributed by atoms with van der Waals surface area (Å²) in [5.41, 5.74) is 15.0. The number of benzene rings is 1. The van der Waals surface area contributed by atoms with E-state index in [9.17, 15) is 0 Å². The van der Waals surface area contributed by atoms with Gasteiger partial charge in [-0.1, -0.05) is 150 Å². The molecule has 292 valence electrons. The van der Waals surface area contributed by atoms with Crippen LogP contribution in [-0.2, 0) is 5.41 Å². The van der Waals surface area contributed by atoms with Gasteiger partial charge in [0.2, 0.25) is 0 Å². The van der Waals surface area contributed by atoms with Crippen LogP contribution in [0.2, 0.25) is 0 Å². The lowest BCUT2D eigenvalue weighted by Crippen LogP contribution is -2.22. The summed E-state index contributed by atoms with van der Waals surface area (Å²) in [5, 5.41) is 0. The zero-order valence-electron chi connectivity index (χ0n) is 35.9. The van der Waals surface area contributed by atoms with Crippen molar-refractivity contribution in [3.05, 3.63) is 209 Å². The fraction of sp³-hybridized carbons (Fsp3) is 0.296. The molecule has 2 aromatic rings. The fourth-order valence-corrected chi connectivity index (χ4v) is 8.00. The van der Waals surface area contributed by atoms with Crippen LogP contribution < -0.4 is 0 Å². The van der Waals surface area contributed by atoms with Crippen LogP contribution in [-0.4, -0.2) is 16.0 Å². The van der Waals surface area contributed by atoms with E-state index < -0.39 is 0 Å². The van der Waals surface area contributed by atoms with Gasteiger partial charge in [0.05, 0.1) is 0 Å². The molecule has 0 bridgehead atoms. The highest BCUT2D eigenvalue weighted by Crippen LogP contribution is 2.37. The lowest BCUT2D eigenvalue weighted by atomic mass is 9.75. The summed E-state index contributed by atoms with van der Waals surface area (Å²) >= 11 is 0. The van der Waals surface area contributed by atoms with Gasteiger partial charge in [-0.25, -0.2) is 0 Å². The molecule has 0 radical (unpaired) electrons. The monoisotopic (exact) mass is 743 g/mol. The molecule has 2 heteroatoms. The molecule has 56 heavy (non-hydrogen) atoms. The maximum atomic E-state index is 3.92. The largest absolute Gasteiger partial charge is 0.342 e. The highest BCUT2D eigenvalue weighted by atomic mass is 15.1. The molecule has 0 N–H and O–H groups in total. The number of nitrogens with zero attached hydrogens (tertiary/aromatic N) is 2. The third-order valence-electron chi connectivity index (χ3n) is 11.4. The standard InChI is InChI=1S/C54H66N2/c1-13-18-29-51-43(9)44(10)52(30-19-14-2)56(51)48-36-37-50(41(7)39-48)54(11,12)47(17-5)35-34-45(16-4)46(26-15-3)33-32-42(8)55-38-25-21-22-27-40(6)49-28-23-20-24-31-53(49)55/h13-15,17-27,29-37,39-40,45H,1-2,16,28,38H2,3-12H3/b25-21-,26-15-,27-22-,29-18-,30-19-,35-34-,42-32+,46-33+,47-17?. The molecular formula is C54H66N2. The Hall–Kier alpha value is -5.34. The molecule has 2 nitrogen and oxygen atoms in total. The maximum Gasteiger partial charge on any atom is 0.0494 e. The van der Waals surface area contributed by atoms with E-state index >= 15 is 0 Å². The first-order valence-electron chi connectivity index (χ1n) is 20.4. The zero-order valence-corrected chi connectivity index (χ0v) is 35.9. The minimum Gasteiger partial charge on any atom is -0.342 e. The van der Waals surface area contributed by atoms with Crippen molar-refractivity contribution in [1.29, 1.82) is 0 Å². The molecule has 1 aromatic carbocycles. The molecule has 2 unspecified atom stereocenters. The molecule has 0 spiro atoms. The van der Waals surface area contributed by atoms with Crippen LogP contribution in [0.15, 0.2) is 175 Å². The van der Waals surface area contributed by atoms with Crippen LogP contribution in [0.5, 0.6) is 0 Å². The molecule has 2 atom stereocenters. The van der Waals surface area contributed by atoms with E-state index in [4.69, 9.17) is 0 Å². The van der Waals surface area contributed by atoms with Gasteiger partial charge in [0.15, 0.2) is 0 Å². The number of aryl methyl sites for hydroxylation is 1. The van der Waals surface area contributed by atoms with Crippen molar-refractivity contribution in [3.63, 3.8) is 0 Å². The lowest BCUT2D eigenvalue weighted by Gasteiger charge is -2.30. The van der Waals surface area contributed by atoms with Crippen LogP contribution >= 0.6 is 0 Å². The van der Waals surface area contributed by atoms with E-state index in [0.717, 1.165) is 36.5 Å². The summed E-state index contributed by atoms with van der Waals surface area (Å²) in [7, 11) is 0. The third kappa shape index (κ3) is 10.1. The van der Waals surface area contributed by atoms with Crippen molar-refractivity contribution in [1.82, 2.24) is 9.47 Å². The van der Waals surface area contributed by atoms with Crippen molar-refractivity contribution in [2.75, 3.05) is 6.54 Å². The molecule has 0 fully saturated rings. The number of rotatable bonds is 14. The van der Waals surface area contributed by atoms with E-state index in [-0.39, 0.29) is 11.3 Å². The van der Waals surface area contributed by atoms with E-state index in [1.807, 2.05) is 24.3 Å². The third-order valence-corrected chi connectivity index (χ3v) is 11.4. The smallest absolute Gasteiger partial charge is 0.0494 e. The van der Waals surface area contributed by atoms with Crippen molar-refractivity contribution >= 4 is 12.2 Å². The first-order valence-corrected chi connectivity index (χ1v) is 20.4. The van der Waals surface area contributed by atoms with Crippen molar-refractivity contribution in [2.24, 2.45) is 11.8 Å². The van der Waals surface area contributed by atoms with Crippen LogP contribution in [0.3, 0.4) is 0 Å². The maximum absolute atomic E-state index is 3.92. The summed E-state index contributed by atoms with van der Waals surface area (Å²) in [6.07, 6.45) is 48.0. The van der Waals surface area contributed by atoms with Gasteiger partial charge in [-0.05, 0) is 136 Å². The summed E-state index contributed by atoms with van der Waals surface area (Å²) in [6.45, 7) is 31.1. The van der Waals surface area contributed by atoms with Gasteiger partial charge in [-0.2, -0.15) is 0 Å². The lowest BCUT2D eigenvalue weighted by molar-refractivity contribution is 0.476. The molecule has 4 rings (SSSR count). The zero-order chi connectivity index (χ0) is 40.8. The van der Waals surface area contributed by atoms with Gasteiger partial charge in [0, 0.05) is 46.3 Å². The van der Waals surface area contributed by atoms with Crippen molar-refractivity contribution < 1.29 is 0 Å². The van der Waals surface area contributed by atoms with Gasteiger partial charge < -0.3 is 9.47 Å². The Labute approximate surface area is 340 Å². The summed E-state index contributed by atoms with van der Waals surface area (Å²) in [4.78, 5) is 2.46. The average molecular weight is 743 g/mol. The first-order chi connectivity index (χ1) is 26.9. The number of aromatic nitrogens is 1. The van der Waals surface area contributed by atoms with Gasteiger partial charge in [0.1, 0.15) is 0 Å². The number of allylic oxidation sites excluding steroid dienone is 22. The van der Waals surface area contributed by atoms with E-state index in [2.05, 4.69) is 213 Å². The topological polar surface area (TPSA) is 8.17 Å². The van der Waals surface area contributed by atoms with Gasteiger partial charge in [0.25, 0.3) is 0 Å². The molecule has 0 amide bonds. The second-order valence-electron chi connectivity index (χ2n) is 15.4. The van der Waals surface area contributed by atoms with Gasteiger partial charge in [-0.3, -0.25) is 0 Å². The summed E-state index contributed by atoms with van der Waals surface area (Å²) in [5.74, 6) is 0.638. The highest BCUT2D eigenvalue weighted by Gasteiger charge is 2.27. The molecule has 2 aliphatic rings. The highest BCUT2D eigenvalue weighted by molar-refractivity contribution is 5.67. The Morgan fingerprint density at radius 3 is 2.20 bits per heavy atom. The first kappa shape index (κ1) is 43.4. The number of hydrogen-bond acceptors (Lipinski definition) is 1. The molecule has 0 saturated heterocycles. The summed E-state index contributed by atoms with van der Waals surface area (Å²) in [6, 6.07) is 6.93. The predicted molar refractivity (Wildman–Crippen MR) is 249 cm³/mol. The average Bonchev–Trinajstić information content (AvgIpc) is 3.29. The predicted octanol–water partition coefficient (Wildman–Crippen LogP) is 14.8. The van der Waals surface area contributed by atoms with Crippen molar-refractivity contribution in [3.8, 4) is 5.69 Å². The second kappa shape index (κ2) is 20.5. The minimum absolute atomic E-state index is 0.205. The molecule has 2 heterocycles. The van der Waals surface area contributed by atoms with Gasteiger partial charge >= 0.3 is 0 Å². The Balaban J connectivity index is 1.68. The minimum atomic E-state index is -0.205. The Kier molecular flexibility index (Phi) is 15.9. The normalized spacial score (nSPS) is 19.1. The Morgan fingerprint density at radius 1 is 0.911 bits per heavy atom. The molecular weight excluding hydrogens is 677 g/mol. The van der Waals surface area contributed by atoms with Crippen LogP contribution in [0.25, 0.3) is 17.8 Å². The molecule has 1 aliphatic carbocycles. The van der Waals surface area contributed by atoms with Crippen LogP contribution in [0.1, 0.15) is 94.9 Å². The number of hydrogen-bond donors (Lipinski definition) is 0. The van der Waals surface area contributed by atoms with E-state index in [1.54, 1.807) is 0 Å². The molecule has 1 aromatic heterocycles. The van der Waals surface area contributed by atoms with Crippen LogP contribution in [0, 0.1) is 32.6 Å². The van der Waals surface area contributed by atoms with E-state index in [0.29, 0.717) is 5.92 Å². The SMILES string of the molecule is C=C/C=C\c1c(C)c(C)c(/C=C\C=C)n1-c1ccc(C(C)(C)C(=CC)/C=C\C(CC)C(/C=C\C)=C/C=C(\C)N2C/C=C\C=C/C(C)C3=C2C=CC=CC3)c(C)c1. The summed E-state index contributed by atoms with van der Waals surface area (Å²) < 4.78 is 2.35. The molecule has 1 aliphatic heterocycles. The Bertz CT molecular complexity index is 2070. The quantitative estimate of drug-likeness (QED) is 0.175. The Morgan fingerprint density at radius 2 is 1.59 bits per heavy atom. The van der Waals surface area contributed by atoms with E-state index in [1.165, 1.54) is 50.4 Å². The van der Waals surface area contributed by atoms with Crippen LogP contribution in [0.4, 0.5) is 0 Å². The van der Waals surface area contributed by atoms with Crippen molar-refractivity contribution in [2.45, 2.75) is 87.5 Å². The fourth-order valence-electron chi connectivity index (χ4n) is 8.00.